The Labute approximate surface area is 146 Å². The summed E-state index contributed by atoms with van der Waals surface area (Å²) in [5.74, 6) is -1.06. The van der Waals surface area contributed by atoms with Gasteiger partial charge in [-0.05, 0) is 28.7 Å². The van der Waals surface area contributed by atoms with Crippen LogP contribution in [0, 0.1) is 0 Å². The summed E-state index contributed by atoms with van der Waals surface area (Å²) >= 11 is 0. The number of aliphatic carboxylic acids is 1. The molecular formula is C20H21NO4. The Morgan fingerprint density at radius 1 is 1.08 bits per heavy atom. The fourth-order valence-electron chi connectivity index (χ4n) is 3.44. The van der Waals surface area contributed by atoms with Crippen LogP contribution >= 0.6 is 0 Å². The average Bonchev–Trinajstić information content (AvgIpc) is 2.94. The van der Waals surface area contributed by atoms with E-state index in [1.165, 1.54) is 7.05 Å². The van der Waals surface area contributed by atoms with Crippen molar-refractivity contribution in [1.29, 1.82) is 0 Å². The SMILES string of the molecule is CC[C@H](C(=O)O)N(C)C(=O)OCC1c2ccccc2-c2ccccc21. The first-order valence-electron chi connectivity index (χ1n) is 8.35. The molecule has 1 N–H and O–H groups in total. The molecule has 25 heavy (non-hydrogen) atoms. The second-order valence-electron chi connectivity index (χ2n) is 6.18. The quantitative estimate of drug-likeness (QED) is 0.901. The molecule has 1 aliphatic rings. The van der Waals surface area contributed by atoms with Gasteiger partial charge in [0.1, 0.15) is 12.6 Å². The van der Waals surface area contributed by atoms with E-state index in [1.807, 2.05) is 36.4 Å². The lowest BCUT2D eigenvalue weighted by molar-refractivity contribution is -0.142. The van der Waals surface area contributed by atoms with Gasteiger partial charge in [0.15, 0.2) is 0 Å². The topological polar surface area (TPSA) is 66.8 Å². The number of carbonyl (C=O) groups excluding carboxylic acids is 1. The molecule has 0 spiro atoms. The summed E-state index contributed by atoms with van der Waals surface area (Å²) in [6.45, 7) is 1.92. The summed E-state index contributed by atoms with van der Waals surface area (Å²) in [6, 6.07) is 15.3. The molecule has 2 aromatic rings. The molecule has 3 rings (SSSR count). The molecule has 1 aliphatic carbocycles. The van der Waals surface area contributed by atoms with Gasteiger partial charge in [0, 0.05) is 13.0 Å². The Morgan fingerprint density at radius 3 is 2.08 bits per heavy atom. The van der Waals surface area contributed by atoms with Crippen LogP contribution in [0.3, 0.4) is 0 Å². The third kappa shape index (κ3) is 3.09. The number of rotatable bonds is 5. The van der Waals surface area contributed by atoms with E-state index in [-0.39, 0.29) is 12.5 Å². The van der Waals surface area contributed by atoms with Crippen molar-refractivity contribution in [1.82, 2.24) is 4.90 Å². The molecule has 5 heteroatoms. The standard InChI is InChI=1S/C20H21NO4/c1-3-18(19(22)23)21(2)20(24)25-12-17-15-10-6-4-8-13(15)14-9-5-7-11-16(14)17/h4-11,17-18H,3,12H2,1-2H3,(H,22,23)/t18-/m1/s1. The van der Waals surface area contributed by atoms with E-state index >= 15 is 0 Å². The van der Waals surface area contributed by atoms with Crippen LogP contribution in [0.1, 0.15) is 30.4 Å². The third-order valence-corrected chi connectivity index (χ3v) is 4.76. The number of ether oxygens (including phenoxy) is 1. The van der Waals surface area contributed by atoms with E-state index < -0.39 is 18.1 Å². The molecule has 0 radical (unpaired) electrons. The molecule has 0 unspecified atom stereocenters. The molecule has 130 valence electrons. The molecule has 0 bridgehead atoms. The molecule has 2 aromatic carbocycles. The largest absolute Gasteiger partial charge is 0.480 e. The molecule has 5 nitrogen and oxygen atoms in total. The Bertz CT molecular complexity index is 756. The number of hydrogen-bond acceptors (Lipinski definition) is 3. The van der Waals surface area contributed by atoms with E-state index in [4.69, 9.17) is 4.74 Å². The van der Waals surface area contributed by atoms with Crippen LogP contribution in [0.2, 0.25) is 0 Å². The van der Waals surface area contributed by atoms with Gasteiger partial charge in [0.25, 0.3) is 0 Å². The van der Waals surface area contributed by atoms with Crippen LogP contribution in [-0.2, 0) is 9.53 Å². The number of nitrogens with zero attached hydrogens (tertiary/aromatic N) is 1. The van der Waals surface area contributed by atoms with Crippen molar-refractivity contribution in [2.24, 2.45) is 0 Å². The van der Waals surface area contributed by atoms with E-state index in [2.05, 4.69) is 12.1 Å². The van der Waals surface area contributed by atoms with Gasteiger partial charge in [-0.2, -0.15) is 0 Å². The van der Waals surface area contributed by atoms with Gasteiger partial charge < -0.3 is 9.84 Å². The molecule has 0 aromatic heterocycles. The number of carboxylic acids is 1. The lowest BCUT2D eigenvalue weighted by Crippen LogP contribution is -2.42. The first-order chi connectivity index (χ1) is 12.0. The summed E-state index contributed by atoms with van der Waals surface area (Å²) < 4.78 is 5.46. The van der Waals surface area contributed by atoms with Crippen molar-refractivity contribution in [3.63, 3.8) is 0 Å². The number of carboxylic acid groups (broad SMARTS) is 1. The predicted octanol–water partition coefficient (Wildman–Crippen LogP) is 3.73. The number of hydrogen-bond donors (Lipinski definition) is 1. The van der Waals surface area contributed by atoms with Crippen LogP contribution in [0.25, 0.3) is 11.1 Å². The highest BCUT2D eigenvalue weighted by Gasteiger charge is 2.31. The number of fused-ring (bicyclic) bond motifs is 3. The van der Waals surface area contributed by atoms with Crippen molar-refractivity contribution in [3.05, 3.63) is 59.7 Å². The van der Waals surface area contributed by atoms with Gasteiger partial charge in [0.05, 0.1) is 0 Å². The lowest BCUT2D eigenvalue weighted by Gasteiger charge is -2.24. The lowest BCUT2D eigenvalue weighted by atomic mass is 9.98. The maximum Gasteiger partial charge on any atom is 0.410 e. The number of likely N-dealkylation sites (N-methyl/N-ethyl adjacent to an activating group) is 1. The van der Waals surface area contributed by atoms with Crippen molar-refractivity contribution < 1.29 is 19.4 Å². The van der Waals surface area contributed by atoms with Gasteiger partial charge in [-0.3, -0.25) is 4.90 Å². The van der Waals surface area contributed by atoms with Gasteiger partial charge in [-0.15, -0.1) is 0 Å². The highest BCUT2D eigenvalue weighted by atomic mass is 16.6. The Morgan fingerprint density at radius 2 is 1.60 bits per heavy atom. The Hall–Kier alpha value is -2.82. The monoisotopic (exact) mass is 339 g/mol. The molecule has 0 saturated carbocycles. The summed E-state index contributed by atoms with van der Waals surface area (Å²) in [4.78, 5) is 24.6. The highest BCUT2D eigenvalue weighted by molar-refractivity contribution is 5.81. The average molecular weight is 339 g/mol. The fourth-order valence-corrected chi connectivity index (χ4v) is 3.44. The zero-order valence-electron chi connectivity index (χ0n) is 14.3. The number of amides is 1. The zero-order valence-corrected chi connectivity index (χ0v) is 14.3. The minimum absolute atomic E-state index is 0.0327. The third-order valence-electron chi connectivity index (χ3n) is 4.76. The molecule has 0 fully saturated rings. The van der Waals surface area contributed by atoms with Crippen LogP contribution in [-0.4, -0.2) is 41.8 Å². The minimum Gasteiger partial charge on any atom is -0.480 e. The van der Waals surface area contributed by atoms with Gasteiger partial charge in [0.2, 0.25) is 0 Å². The Balaban J connectivity index is 1.78. The highest BCUT2D eigenvalue weighted by Crippen LogP contribution is 2.44. The first-order valence-corrected chi connectivity index (χ1v) is 8.35. The van der Waals surface area contributed by atoms with Gasteiger partial charge in [-0.25, -0.2) is 9.59 Å². The van der Waals surface area contributed by atoms with E-state index in [0.29, 0.717) is 6.42 Å². The summed E-state index contributed by atoms with van der Waals surface area (Å²) in [7, 11) is 1.46. The van der Waals surface area contributed by atoms with Crippen LogP contribution in [0.15, 0.2) is 48.5 Å². The van der Waals surface area contributed by atoms with E-state index in [1.54, 1.807) is 6.92 Å². The molecule has 0 heterocycles. The summed E-state index contributed by atoms with van der Waals surface area (Å²) in [5.41, 5.74) is 4.57. The van der Waals surface area contributed by atoms with Crippen LogP contribution in [0.4, 0.5) is 4.79 Å². The molecular weight excluding hydrogens is 318 g/mol. The molecule has 0 aliphatic heterocycles. The van der Waals surface area contributed by atoms with Crippen molar-refractivity contribution in [2.75, 3.05) is 13.7 Å². The summed E-state index contributed by atoms with van der Waals surface area (Å²) in [6.07, 6.45) is -0.285. The molecule has 1 amide bonds. The van der Waals surface area contributed by atoms with Crippen LogP contribution < -0.4 is 0 Å². The fraction of sp³-hybridized carbons (Fsp3) is 0.300. The second-order valence-corrected chi connectivity index (χ2v) is 6.18. The second kappa shape index (κ2) is 6.97. The molecule has 0 saturated heterocycles. The first kappa shape index (κ1) is 17.0. The van der Waals surface area contributed by atoms with Crippen molar-refractivity contribution >= 4 is 12.1 Å². The van der Waals surface area contributed by atoms with Gasteiger partial charge in [-0.1, -0.05) is 55.5 Å². The smallest absolute Gasteiger partial charge is 0.410 e. The van der Waals surface area contributed by atoms with Gasteiger partial charge >= 0.3 is 12.1 Å². The maximum absolute atomic E-state index is 12.3. The van der Waals surface area contributed by atoms with Crippen molar-refractivity contribution in [2.45, 2.75) is 25.3 Å². The molecule has 1 atom stereocenters. The maximum atomic E-state index is 12.3. The number of benzene rings is 2. The number of carbonyl (C=O) groups is 2. The zero-order chi connectivity index (χ0) is 18.0. The van der Waals surface area contributed by atoms with Crippen LogP contribution in [0.5, 0.6) is 0 Å². The Kier molecular flexibility index (Phi) is 4.74. The summed E-state index contributed by atoms with van der Waals surface area (Å²) in [5, 5.41) is 9.18. The van der Waals surface area contributed by atoms with E-state index in [0.717, 1.165) is 27.2 Å². The normalized spacial score (nSPS) is 13.7. The minimum atomic E-state index is -1.03. The van der Waals surface area contributed by atoms with Crippen molar-refractivity contribution in [3.8, 4) is 11.1 Å². The predicted molar refractivity (Wildman–Crippen MR) is 94.5 cm³/mol. The van der Waals surface area contributed by atoms with E-state index in [9.17, 15) is 14.7 Å².